The van der Waals surface area contributed by atoms with Crippen LogP contribution in [0.3, 0.4) is 0 Å². The fraction of sp³-hybridized carbons (Fsp3) is 0.167. The number of nitrogens with one attached hydrogen (secondary N) is 2. The smallest absolute Gasteiger partial charge is 0.411 e. The lowest BCUT2D eigenvalue weighted by Crippen LogP contribution is -2.28. The van der Waals surface area contributed by atoms with Crippen molar-refractivity contribution in [3.05, 3.63) is 58.8 Å². The molecule has 0 spiro atoms. The second-order valence-electron chi connectivity index (χ2n) is 5.69. The molecule has 0 aliphatic heterocycles. The minimum Gasteiger partial charge on any atom is -0.453 e. The number of hydrogen-bond acceptors (Lipinski definition) is 7. The molecule has 1 unspecified atom stereocenters. The van der Waals surface area contributed by atoms with Gasteiger partial charge in [-0.3, -0.25) is 5.32 Å². The number of amides is 1. The Morgan fingerprint density at radius 1 is 1.14 bits per heavy atom. The van der Waals surface area contributed by atoms with E-state index in [0.29, 0.717) is 10.6 Å². The molecule has 0 radical (unpaired) electrons. The fourth-order valence-corrected chi connectivity index (χ4v) is 5.21. The van der Waals surface area contributed by atoms with E-state index in [1.54, 1.807) is 17.4 Å². The van der Waals surface area contributed by atoms with Crippen LogP contribution in [-0.2, 0) is 14.8 Å². The van der Waals surface area contributed by atoms with Gasteiger partial charge in [0.1, 0.15) is 6.10 Å². The first-order valence-corrected chi connectivity index (χ1v) is 11.3. The quantitative estimate of drug-likeness (QED) is 0.522. The number of methoxy groups -OCH3 is 1. The zero-order chi connectivity index (χ0) is 20.1. The lowest BCUT2D eigenvalue weighted by molar-refractivity contribution is 0.185. The maximum Gasteiger partial charge on any atom is 0.411 e. The molecule has 0 saturated carbocycles. The minimum atomic E-state index is -3.80. The number of aliphatic hydroxyl groups is 1. The highest BCUT2D eigenvalue weighted by Crippen LogP contribution is 2.34. The summed E-state index contributed by atoms with van der Waals surface area (Å²) in [4.78, 5) is 14.0. The SMILES string of the molecule is COC(=O)Nc1ccc(S(=O)(=O)NCC(O)c2ccc(-c3cccs3)s2)cc1. The normalized spacial score (nSPS) is 12.5. The topological polar surface area (TPSA) is 105 Å². The van der Waals surface area contributed by atoms with E-state index in [2.05, 4.69) is 14.8 Å². The molecule has 0 aliphatic carbocycles. The zero-order valence-corrected chi connectivity index (χ0v) is 17.2. The molecule has 0 fully saturated rings. The maximum absolute atomic E-state index is 12.4. The van der Waals surface area contributed by atoms with Crippen molar-refractivity contribution in [2.45, 2.75) is 11.0 Å². The lowest BCUT2D eigenvalue weighted by Gasteiger charge is -2.11. The van der Waals surface area contributed by atoms with E-state index in [4.69, 9.17) is 0 Å². The van der Waals surface area contributed by atoms with Gasteiger partial charge in [0.05, 0.1) is 12.0 Å². The molecule has 3 rings (SSSR count). The third kappa shape index (κ3) is 4.97. The van der Waals surface area contributed by atoms with Crippen LogP contribution in [0.15, 0.2) is 58.8 Å². The zero-order valence-electron chi connectivity index (χ0n) is 14.8. The van der Waals surface area contributed by atoms with Gasteiger partial charge in [0, 0.05) is 26.9 Å². The number of thiophene rings is 2. The average molecular weight is 439 g/mol. The van der Waals surface area contributed by atoms with E-state index < -0.39 is 22.2 Å². The Hall–Kier alpha value is -2.24. The van der Waals surface area contributed by atoms with Crippen LogP contribution in [0.1, 0.15) is 11.0 Å². The van der Waals surface area contributed by atoms with Crippen LogP contribution in [0, 0.1) is 0 Å². The van der Waals surface area contributed by atoms with Crippen LogP contribution >= 0.6 is 22.7 Å². The predicted octanol–water partition coefficient (Wildman–Crippen LogP) is 3.67. The average Bonchev–Trinajstić information content (AvgIpc) is 3.38. The summed E-state index contributed by atoms with van der Waals surface area (Å²) >= 11 is 3.03. The van der Waals surface area contributed by atoms with E-state index >= 15 is 0 Å². The molecular weight excluding hydrogens is 420 g/mol. The maximum atomic E-state index is 12.4. The first kappa shape index (κ1) is 20.5. The number of sulfonamides is 1. The van der Waals surface area contributed by atoms with E-state index in [1.165, 1.54) is 42.7 Å². The molecule has 0 bridgehead atoms. The monoisotopic (exact) mass is 438 g/mol. The highest BCUT2D eigenvalue weighted by atomic mass is 32.2. The van der Waals surface area contributed by atoms with Gasteiger partial charge in [-0.2, -0.15) is 0 Å². The van der Waals surface area contributed by atoms with Crippen LogP contribution < -0.4 is 10.0 Å². The largest absolute Gasteiger partial charge is 0.453 e. The van der Waals surface area contributed by atoms with Gasteiger partial charge in [-0.1, -0.05) is 6.07 Å². The van der Waals surface area contributed by atoms with E-state index in [-0.39, 0.29) is 11.4 Å². The Morgan fingerprint density at radius 2 is 1.89 bits per heavy atom. The van der Waals surface area contributed by atoms with Crippen molar-refractivity contribution in [1.29, 1.82) is 0 Å². The molecule has 10 heteroatoms. The van der Waals surface area contributed by atoms with Gasteiger partial charge in [0.15, 0.2) is 0 Å². The fourth-order valence-electron chi connectivity index (χ4n) is 2.34. The number of aliphatic hydroxyl groups excluding tert-OH is 1. The van der Waals surface area contributed by atoms with Crippen molar-refractivity contribution in [3.63, 3.8) is 0 Å². The first-order valence-electron chi connectivity index (χ1n) is 8.15. The van der Waals surface area contributed by atoms with E-state index in [9.17, 15) is 18.3 Å². The van der Waals surface area contributed by atoms with Crippen LogP contribution in [0.2, 0.25) is 0 Å². The molecule has 2 heterocycles. The van der Waals surface area contributed by atoms with Gasteiger partial charge in [-0.05, 0) is 47.8 Å². The molecule has 0 saturated heterocycles. The van der Waals surface area contributed by atoms with Crippen LogP contribution in [0.5, 0.6) is 0 Å². The number of rotatable bonds is 7. The van der Waals surface area contributed by atoms with Gasteiger partial charge < -0.3 is 9.84 Å². The summed E-state index contributed by atoms with van der Waals surface area (Å²) < 4.78 is 31.7. The van der Waals surface area contributed by atoms with E-state index in [1.807, 2.05) is 23.6 Å². The number of anilines is 1. The Balaban J connectivity index is 1.62. The Morgan fingerprint density at radius 3 is 2.54 bits per heavy atom. The molecule has 3 aromatic rings. The third-order valence-electron chi connectivity index (χ3n) is 3.78. The van der Waals surface area contributed by atoms with Crippen LogP contribution in [0.25, 0.3) is 9.75 Å². The van der Waals surface area contributed by atoms with Crippen molar-refractivity contribution in [1.82, 2.24) is 4.72 Å². The second-order valence-corrected chi connectivity index (χ2v) is 9.52. The van der Waals surface area contributed by atoms with Crippen molar-refractivity contribution < 1.29 is 23.1 Å². The third-order valence-corrected chi connectivity index (χ3v) is 7.47. The van der Waals surface area contributed by atoms with E-state index in [0.717, 1.165) is 9.75 Å². The summed E-state index contributed by atoms with van der Waals surface area (Å²) in [5, 5.41) is 14.8. The summed E-state index contributed by atoms with van der Waals surface area (Å²) in [5.74, 6) is 0. The van der Waals surface area contributed by atoms with Gasteiger partial charge in [0.2, 0.25) is 10.0 Å². The summed E-state index contributed by atoms with van der Waals surface area (Å²) in [6.07, 6.45) is -1.59. The van der Waals surface area contributed by atoms with Crippen LogP contribution in [0.4, 0.5) is 10.5 Å². The number of hydrogen-bond donors (Lipinski definition) is 3. The first-order chi connectivity index (χ1) is 13.4. The predicted molar refractivity (Wildman–Crippen MR) is 110 cm³/mol. The van der Waals surface area contributed by atoms with Gasteiger partial charge in [-0.25, -0.2) is 17.9 Å². The number of ether oxygens (including phenoxy) is 1. The Bertz CT molecular complexity index is 1030. The molecular formula is C18H18N2O5S3. The number of carbonyl (C=O) groups is 1. The lowest BCUT2D eigenvalue weighted by atomic mass is 10.3. The molecule has 3 N–H and O–H groups in total. The summed E-state index contributed by atoms with van der Waals surface area (Å²) in [5.41, 5.74) is 0.408. The summed E-state index contributed by atoms with van der Waals surface area (Å²) in [7, 11) is -2.56. The highest BCUT2D eigenvalue weighted by Gasteiger charge is 2.18. The van der Waals surface area contributed by atoms with Gasteiger partial charge >= 0.3 is 6.09 Å². The molecule has 28 heavy (non-hydrogen) atoms. The molecule has 1 amide bonds. The second kappa shape index (κ2) is 8.84. The van der Waals surface area contributed by atoms with Crippen LogP contribution in [-0.4, -0.2) is 33.3 Å². The van der Waals surface area contributed by atoms with Crippen molar-refractivity contribution in [2.24, 2.45) is 0 Å². The molecule has 2 aromatic heterocycles. The molecule has 1 aromatic carbocycles. The molecule has 148 valence electrons. The van der Waals surface area contributed by atoms with Crippen molar-refractivity contribution in [3.8, 4) is 9.75 Å². The molecule has 0 aliphatic rings. The summed E-state index contributed by atoms with van der Waals surface area (Å²) in [6, 6.07) is 13.3. The van der Waals surface area contributed by atoms with Gasteiger partial charge in [-0.15, -0.1) is 22.7 Å². The Kier molecular flexibility index (Phi) is 6.47. The highest BCUT2D eigenvalue weighted by molar-refractivity contribution is 7.89. The van der Waals surface area contributed by atoms with Gasteiger partial charge in [0.25, 0.3) is 0 Å². The molecule has 7 nitrogen and oxygen atoms in total. The Labute approximate surface area is 170 Å². The minimum absolute atomic E-state index is 0.0283. The molecule has 1 atom stereocenters. The standard InChI is InChI=1S/C18H18N2O5S3/c1-25-18(22)20-12-4-6-13(7-5-12)28(23,24)19-11-14(21)15-8-9-17(27-15)16-3-2-10-26-16/h2-10,14,19,21H,11H2,1H3,(H,20,22). The number of carbonyl (C=O) groups excluding carboxylic acids is 1. The van der Waals surface area contributed by atoms with Crippen molar-refractivity contribution in [2.75, 3.05) is 19.0 Å². The summed E-state index contributed by atoms with van der Waals surface area (Å²) in [6.45, 7) is -0.144. The van der Waals surface area contributed by atoms with Crippen molar-refractivity contribution >= 4 is 44.5 Å². The number of benzene rings is 1.